The lowest BCUT2D eigenvalue weighted by Crippen LogP contribution is -2.36. The Labute approximate surface area is 114 Å². The van der Waals surface area contributed by atoms with Crippen LogP contribution in [-0.4, -0.2) is 37.3 Å². The summed E-state index contributed by atoms with van der Waals surface area (Å²) in [7, 11) is 1.64. The lowest BCUT2D eigenvalue weighted by Gasteiger charge is -2.28. The fraction of sp³-hybridized carbons (Fsp3) is 0.600. The number of aliphatic hydroxyl groups is 1. The molecule has 1 fully saturated rings. The second kappa shape index (κ2) is 7.01. The molecule has 1 heterocycles. The van der Waals surface area contributed by atoms with Gasteiger partial charge < -0.3 is 19.3 Å². The van der Waals surface area contributed by atoms with Crippen LogP contribution >= 0.6 is 0 Å². The molecule has 2 rings (SSSR count). The van der Waals surface area contributed by atoms with Gasteiger partial charge in [-0.25, -0.2) is 0 Å². The summed E-state index contributed by atoms with van der Waals surface area (Å²) in [5, 5.41) is 9.19. The van der Waals surface area contributed by atoms with Gasteiger partial charge in [0.1, 0.15) is 0 Å². The molecule has 1 saturated heterocycles. The molecule has 0 saturated carbocycles. The quantitative estimate of drug-likeness (QED) is 0.821. The Balaban J connectivity index is 1.84. The summed E-state index contributed by atoms with van der Waals surface area (Å²) in [6, 6.07) is 10.0. The van der Waals surface area contributed by atoms with Gasteiger partial charge in [-0.15, -0.1) is 0 Å². The molecule has 1 N–H and O–H groups in total. The molecule has 4 nitrogen and oxygen atoms in total. The maximum atomic E-state index is 9.19. The van der Waals surface area contributed by atoms with Crippen molar-refractivity contribution in [2.24, 2.45) is 0 Å². The highest BCUT2D eigenvalue weighted by molar-refractivity contribution is 5.13. The molecule has 1 aliphatic heterocycles. The molecule has 106 valence electrons. The molecule has 4 heteroatoms. The molecule has 1 aromatic rings. The van der Waals surface area contributed by atoms with E-state index in [1.165, 1.54) is 0 Å². The summed E-state index contributed by atoms with van der Waals surface area (Å²) in [4.78, 5) is 0. The molecule has 1 aliphatic rings. The minimum Gasteiger partial charge on any atom is -0.396 e. The van der Waals surface area contributed by atoms with Crippen LogP contribution in [0.3, 0.4) is 0 Å². The molecule has 0 unspecified atom stereocenters. The predicted octanol–water partition coefficient (Wildman–Crippen LogP) is 2.11. The Morgan fingerprint density at radius 2 is 2.16 bits per heavy atom. The zero-order valence-corrected chi connectivity index (χ0v) is 11.4. The van der Waals surface area contributed by atoms with Gasteiger partial charge in [0.15, 0.2) is 6.29 Å². The highest BCUT2D eigenvalue weighted by Gasteiger charge is 2.40. The van der Waals surface area contributed by atoms with Crippen molar-refractivity contribution in [3.05, 3.63) is 35.9 Å². The Morgan fingerprint density at radius 3 is 2.79 bits per heavy atom. The third-order valence-corrected chi connectivity index (χ3v) is 3.52. The smallest absolute Gasteiger partial charge is 0.158 e. The highest BCUT2D eigenvalue weighted by Crippen LogP contribution is 2.34. The monoisotopic (exact) mass is 266 g/mol. The first-order chi connectivity index (χ1) is 9.28. The fourth-order valence-electron chi connectivity index (χ4n) is 2.44. The van der Waals surface area contributed by atoms with E-state index in [2.05, 4.69) is 0 Å². The van der Waals surface area contributed by atoms with Crippen molar-refractivity contribution >= 4 is 0 Å². The van der Waals surface area contributed by atoms with Crippen molar-refractivity contribution in [3.8, 4) is 0 Å². The molecule has 2 atom stereocenters. The van der Waals surface area contributed by atoms with Gasteiger partial charge in [-0.05, 0) is 12.0 Å². The summed E-state index contributed by atoms with van der Waals surface area (Å²) >= 11 is 0. The SMILES string of the molecule is CO[C@@H]1CC[C@](CCO)(COCc2ccccc2)O1. The molecule has 1 aromatic carbocycles. The van der Waals surface area contributed by atoms with Gasteiger partial charge in [0.2, 0.25) is 0 Å². The average molecular weight is 266 g/mol. The first-order valence-corrected chi connectivity index (χ1v) is 6.71. The third-order valence-electron chi connectivity index (χ3n) is 3.52. The molecular weight excluding hydrogens is 244 g/mol. The van der Waals surface area contributed by atoms with Crippen molar-refractivity contribution in [3.63, 3.8) is 0 Å². The first kappa shape index (κ1) is 14.5. The predicted molar refractivity (Wildman–Crippen MR) is 71.6 cm³/mol. The van der Waals surface area contributed by atoms with Crippen molar-refractivity contribution in [2.75, 3.05) is 20.3 Å². The lowest BCUT2D eigenvalue weighted by atomic mass is 9.97. The number of rotatable bonds is 7. The van der Waals surface area contributed by atoms with Crippen LogP contribution in [0.5, 0.6) is 0 Å². The lowest BCUT2D eigenvalue weighted by molar-refractivity contribution is -0.179. The molecule has 0 aliphatic carbocycles. The largest absolute Gasteiger partial charge is 0.396 e. The van der Waals surface area contributed by atoms with Crippen LogP contribution in [0, 0.1) is 0 Å². The number of hydrogen-bond donors (Lipinski definition) is 1. The van der Waals surface area contributed by atoms with Crippen LogP contribution < -0.4 is 0 Å². The zero-order chi connectivity index (χ0) is 13.6. The van der Waals surface area contributed by atoms with Gasteiger partial charge in [0, 0.05) is 26.6 Å². The number of benzene rings is 1. The second-order valence-electron chi connectivity index (χ2n) is 4.96. The van der Waals surface area contributed by atoms with Gasteiger partial charge >= 0.3 is 0 Å². The first-order valence-electron chi connectivity index (χ1n) is 6.71. The van der Waals surface area contributed by atoms with E-state index in [1.54, 1.807) is 7.11 Å². The van der Waals surface area contributed by atoms with E-state index in [0.29, 0.717) is 19.6 Å². The Kier molecular flexibility index (Phi) is 5.34. The summed E-state index contributed by atoms with van der Waals surface area (Å²) in [6.07, 6.45) is 2.13. The van der Waals surface area contributed by atoms with Crippen molar-refractivity contribution < 1.29 is 19.3 Å². The second-order valence-corrected chi connectivity index (χ2v) is 4.96. The Bertz CT molecular complexity index is 368. The molecule has 0 spiro atoms. The van der Waals surface area contributed by atoms with Gasteiger partial charge in [-0.2, -0.15) is 0 Å². The van der Waals surface area contributed by atoms with E-state index in [4.69, 9.17) is 14.2 Å². The average Bonchev–Trinajstić information content (AvgIpc) is 2.84. The van der Waals surface area contributed by atoms with Gasteiger partial charge in [-0.3, -0.25) is 0 Å². The van der Waals surface area contributed by atoms with Gasteiger partial charge in [-0.1, -0.05) is 30.3 Å². The van der Waals surface area contributed by atoms with Crippen molar-refractivity contribution in [2.45, 2.75) is 37.8 Å². The number of aliphatic hydroxyl groups excluding tert-OH is 1. The molecule has 0 bridgehead atoms. The molecule has 0 radical (unpaired) electrons. The molecule has 0 amide bonds. The maximum Gasteiger partial charge on any atom is 0.158 e. The highest BCUT2D eigenvalue weighted by atomic mass is 16.7. The van der Waals surface area contributed by atoms with Crippen LogP contribution in [0.4, 0.5) is 0 Å². The van der Waals surface area contributed by atoms with Crippen molar-refractivity contribution in [1.82, 2.24) is 0 Å². The Morgan fingerprint density at radius 1 is 1.37 bits per heavy atom. The zero-order valence-electron chi connectivity index (χ0n) is 11.4. The van der Waals surface area contributed by atoms with Gasteiger partial charge in [0.05, 0.1) is 18.8 Å². The number of methoxy groups -OCH3 is 1. The maximum absolute atomic E-state index is 9.19. The van der Waals surface area contributed by atoms with E-state index in [0.717, 1.165) is 18.4 Å². The Hall–Kier alpha value is -0.940. The number of hydrogen-bond acceptors (Lipinski definition) is 4. The van der Waals surface area contributed by atoms with Crippen molar-refractivity contribution in [1.29, 1.82) is 0 Å². The molecular formula is C15H22O4. The summed E-state index contributed by atoms with van der Waals surface area (Å²) < 4.78 is 16.8. The van der Waals surface area contributed by atoms with Crippen LogP contribution in [0.1, 0.15) is 24.8 Å². The topological polar surface area (TPSA) is 47.9 Å². The molecule has 19 heavy (non-hydrogen) atoms. The number of ether oxygens (including phenoxy) is 3. The fourth-order valence-corrected chi connectivity index (χ4v) is 2.44. The summed E-state index contributed by atoms with van der Waals surface area (Å²) in [5.41, 5.74) is 0.743. The minimum absolute atomic E-state index is 0.102. The van der Waals surface area contributed by atoms with E-state index in [1.807, 2.05) is 30.3 Å². The van der Waals surface area contributed by atoms with Crippen LogP contribution in [0.15, 0.2) is 30.3 Å². The van der Waals surface area contributed by atoms with E-state index in [9.17, 15) is 5.11 Å². The standard InChI is InChI=1S/C15H22O4/c1-17-14-7-8-15(19-14,9-10-16)12-18-11-13-5-3-2-4-6-13/h2-6,14,16H,7-12H2,1H3/t14-,15-/m0/s1. The van der Waals surface area contributed by atoms with E-state index >= 15 is 0 Å². The normalized spacial score (nSPS) is 26.7. The van der Waals surface area contributed by atoms with E-state index in [-0.39, 0.29) is 12.9 Å². The van der Waals surface area contributed by atoms with Crippen LogP contribution in [-0.2, 0) is 20.8 Å². The van der Waals surface area contributed by atoms with Crippen LogP contribution in [0.25, 0.3) is 0 Å². The van der Waals surface area contributed by atoms with Gasteiger partial charge in [0.25, 0.3) is 0 Å². The minimum atomic E-state index is -0.399. The van der Waals surface area contributed by atoms with Crippen LogP contribution in [0.2, 0.25) is 0 Å². The molecule has 0 aromatic heterocycles. The van der Waals surface area contributed by atoms with E-state index < -0.39 is 5.60 Å². The summed E-state index contributed by atoms with van der Waals surface area (Å²) in [6.45, 7) is 1.16. The summed E-state index contributed by atoms with van der Waals surface area (Å²) in [5.74, 6) is 0. The third kappa shape index (κ3) is 4.01.